The summed E-state index contributed by atoms with van der Waals surface area (Å²) >= 11 is 0. The van der Waals surface area contributed by atoms with Gasteiger partial charge in [0.25, 0.3) is 11.3 Å². The van der Waals surface area contributed by atoms with Gasteiger partial charge in [-0.1, -0.05) is 0 Å². The lowest BCUT2D eigenvalue weighted by Crippen LogP contribution is -2.44. The van der Waals surface area contributed by atoms with Crippen molar-refractivity contribution in [1.82, 2.24) is 29.4 Å². The van der Waals surface area contributed by atoms with Crippen molar-refractivity contribution in [3.05, 3.63) is 28.4 Å². The summed E-state index contributed by atoms with van der Waals surface area (Å²) < 4.78 is 1.38. The topological polar surface area (TPSA) is 69.5 Å². The van der Waals surface area contributed by atoms with E-state index in [0.29, 0.717) is 11.8 Å². The third-order valence-corrected chi connectivity index (χ3v) is 5.80. The molecule has 1 N–H and O–H groups in total. The van der Waals surface area contributed by atoms with E-state index in [1.165, 1.54) is 49.6 Å². The zero-order chi connectivity index (χ0) is 16.1. The molecule has 2 aromatic heterocycles. The molecule has 0 aromatic carbocycles. The Bertz CT molecular complexity index is 794. The summed E-state index contributed by atoms with van der Waals surface area (Å²) in [4.78, 5) is 26.0. The lowest BCUT2D eigenvalue weighted by atomic mass is 9.95. The number of hydrogen-bond donors (Lipinski definition) is 1. The van der Waals surface area contributed by atoms with Gasteiger partial charge in [-0.15, -0.1) is 0 Å². The number of aromatic amines is 1. The highest BCUT2D eigenvalue weighted by Gasteiger charge is 2.37. The maximum atomic E-state index is 12.1. The summed E-state index contributed by atoms with van der Waals surface area (Å²) in [6.07, 6.45) is 7.03. The molecule has 1 saturated carbocycles. The molecule has 0 unspecified atom stereocenters. The van der Waals surface area contributed by atoms with Gasteiger partial charge >= 0.3 is 0 Å². The summed E-state index contributed by atoms with van der Waals surface area (Å²) in [5.74, 6) is 2.19. The molecule has 1 aliphatic carbocycles. The molecule has 128 valence electrons. The SMILES string of the molecule is O=c1cc(CN2C[C@@H]3CC[C@H](C2)N(CC2CC2)C3)nc2nc[nH]n12. The summed E-state index contributed by atoms with van der Waals surface area (Å²) in [7, 11) is 0. The largest absolute Gasteiger partial charge is 0.299 e. The van der Waals surface area contributed by atoms with E-state index in [0.717, 1.165) is 37.2 Å². The molecule has 7 nitrogen and oxygen atoms in total. The minimum Gasteiger partial charge on any atom is -0.299 e. The van der Waals surface area contributed by atoms with E-state index in [4.69, 9.17) is 0 Å². The van der Waals surface area contributed by atoms with Crippen LogP contribution in [0.1, 0.15) is 31.4 Å². The normalized spacial score (nSPS) is 28.5. The maximum absolute atomic E-state index is 12.1. The van der Waals surface area contributed by atoms with Crippen LogP contribution in [0.4, 0.5) is 0 Å². The van der Waals surface area contributed by atoms with E-state index in [9.17, 15) is 4.79 Å². The van der Waals surface area contributed by atoms with Gasteiger partial charge in [-0.2, -0.15) is 4.52 Å². The van der Waals surface area contributed by atoms with Crippen molar-refractivity contribution in [3.63, 3.8) is 0 Å². The molecule has 6 rings (SSSR count). The van der Waals surface area contributed by atoms with Gasteiger partial charge in [0.1, 0.15) is 6.33 Å². The van der Waals surface area contributed by atoms with Gasteiger partial charge in [-0.05, 0) is 37.5 Å². The highest BCUT2D eigenvalue weighted by atomic mass is 16.1. The van der Waals surface area contributed by atoms with Crippen LogP contribution >= 0.6 is 0 Å². The second-order valence-electron chi connectivity index (χ2n) is 7.80. The van der Waals surface area contributed by atoms with Crippen LogP contribution in [0.5, 0.6) is 0 Å². The molecule has 5 heterocycles. The van der Waals surface area contributed by atoms with Crippen molar-refractivity contribution >= 4 is 5.78 Å². The smallest absolute Gasteiger partial charge is 0.274 e. The quantitative estimate of drug-likeness (QED) is 0.896. The number of nitrogens with zero attached hydrogens (tertiary/aromatic N) is 5. The van der Waals surface area contributed by atoms with Crippen LogP contribution in [-0.4, -0.2) is 61.6 Å². The first kappa shape index (κ1) is 14.6. The van der Waals surface area contributed by atoms with E-state index < -0.39 is 0 Å². The van der Waals surface area contributed by atoms with Crippen LogP contribution in [0.25, 0.3) is 5.78 Å². The molecule has 0 radical (unpaired) electrons. The lowest BCUT2D eigenvalue weighted by molar-refractivity contribution is 0.125. The predicted octanol–water partition coefficient (Wildman–Crippen LogP) is 0.724. The number of piperidine rings is 1. The zero-order valence-electron chi connectivity index (χ0n) is 13.9. The molecule has 4 fully saturated rings. The lowest BCUT2D eigenvalue weighted by Gasteiger charge is -2.36. The van der Waals surface area contributed by atoms with E-state index >= 15 is 0 Å². The number of nitrogens with one attached hydrogen (secondary N) is 1. The monoisotopic (exact) mass is 328 g/mol. The van der Waals surface area contributed by atoms with Crippen molar-refractivity contribution in [2.45, 2.75) is 38.3 Å². The highest BCUT2D eigenvalue weighted by molar-refractivity contribution is 5.26. The zero-order valence-corrected chi connectivity index (χ0v) is 13.9. The van der Waals surface area contributed by atoms with Crippen LogP contribution in [0.15, 0.2) is 17.2 Å². The van der Waals surface area contributed by atoms with Crippen LogP contribution in [0.3, 0.4) is 0 Å². The molecular formula is C17H24N6O. The minimum absolute atomic E-state index is 0.0827. The summed E-state index contributed by atoms with van der Waals surface area (Å²) in [6, 6.07) is 2.32. The number of fused-ring (bicyclic) bond motifs is 5. The van der Waals surface area contributed by atoms with Crippen molar-refractivity contribution in [3.8, 4) is 0 Å². The molecule has 2 aromatic rings. The van der Waals surface area contributed by atoms with Crippen molar-refractivity contribution in [1.29, 1.82) is 0 Å². The van der Waals surface area contributed by atoms with Crippen molar-refractivity contribution < 1.29 is 0 Å². The van der Waals surface area contributed by atoms with Crippen LogP contribution in [-0.2, 0) is 6.54 Å². The number of aromatic nitrogens is 4. The third kappa shape index (κ3) is 2.75. The molecule has 2 atom stereocenters. The van der Waals surface area contributed by atoms with Gasteiger partial charge in [0.15, 0.2) is 0 Å². The van der Waals surface area contributed by atoms with Gasteiger partial charge in [-0.25, -0.2) is 9.97 Å². The van der Waals surface area contributed by atoms with E-state index in [1.54, 1.807) is 6.07 Å². The first-order valence-electron chi connectivity index (χ1n) is 9.13. The average Bonchev–Trinajstić information content (AvgIpc) is 3.30. The van der Waals surface area contributed by atoms with Crippen LogP contribution in [0.2, 0.25) is 0 Å². The second kappa shape index (κ2) is 5.67. The van der Waals surface area contributed by atoms with Gasteiger partial charge in [-0.3, -0.25) is 19.7 Å². The Morgan fingerprint density at radius 3 is 2.96 bits per heavy atom. The fraction of sp³-hybridized carbons (Fsp3) is 0.706. The number of H-pyrrole nitrogens is 1. The van der Waals surface area contributed by atoms with Gasteiger partial charge in [0, 0.05) is 44.8 Å². The number of hydrogen-bond acceptors (Lipinski definition) is 5. The standard InChI is InChI=1S/C17H24N6O/c24-16-5-14(20-17-18-11-19-23(16)17)9-21-6-13-3-4-15(10-21)22(8-13)7-12-1-2-12/h5,11-13,15H,1-4,6-10H2,(H,18,19,20)/t13-,15+/m0/s1. The fourth-order valence-electron chi connectivity index (χ4n) is 4.44. The first-order chi connectivity index (χ1) is 11.7. The molecule has 3 saturated heterocycles. The van der Waals surface area contributed by atoms with Crippen molar-refractivity contribution in [2.24, 2.45) is 11.8 Å². The Kier molecular flexibility index (Phi) is 3.45. The van der Waals surface area contributed by atoms with Crippen molar-refractivity contribution in [2.75, 3.05) is 26.2 Å². The molecular weight excluding hydrogens is 304 g/mol. The van der Waals surface area contributed by atoms with Crippen LogP contribution in [0, 0.1) is 11.8 Å². The Labute approximate surface area is 140 Å². The molecule has 24 heavy (non-hydrogen) atoms. The molecule has 3 aliphatic heterocycles. The van der Waals surface area contributed by atoms with E-state index in [-0.39, 0.29) is 5.56 Å². The highest BCUT2D eigenvalue weighted by Crippen LogP contribution is 2.35. The summed E-state index contributed by atoms with van der Waals surface area (Å²) in [5, 5.41) is 2.79. The number of rotatable bonds is 4. The Balaban J connectivity index is 1.34. The Morgan fingerprint density at radius 1 is 1.17 bits per heavy atom. The third-order valence-electron chi connectivity index (χ3n) is 5.80. The minimum atomic E-state index is -0.0827. The maximum Gasteiger partial charge on any atom is 0.274 e. The average molecular weight is 328 g/mol. The summed E-state index contributed by atoms with van der Waals surface area (Å²) in [6.45, 7) is 5.53. The molecule has 0 spiro atoms. The summed E-state index contributed by atoms with van der Waals surface area (Å²) in [5.41, 5.74) is 0.753. The molecule has 0 amide bonds. The Morgan fingerprint density at radius 2 is 2.08 bits per heavy atom. The van der Waals surface area contributed by atoms with Gasteiger partial charge in [0.2, 0.25) is 0 Å². The molecule has 2 bridgehead atoms. The van der Waals surface area contributed by atoms with Crippen LogP contribution < -0.4 is 5.56 Å². The van der Waals surface area contributed by atoms with Gasteiger partial charge in [0.05, 0.1) is 5.69 Å². The van der Waals surface area contributed by atoms with E-state index in [2.05, 4.69) is 24.9 Å². The fourth-order valence-corrected chi connectivity index (χ4v) is 4.44. The molecule has 7 heteroatoms. The van der Waals surface area contributed by atoms with E-state index in [1.807, 2.05) is 0 Å². The first-order valence-corrected chi connectivity index (χ1v) is 9.13. The predicted molar refractivity (Wildman–Crippen MR) is 89.7 cm³/mol. The molecule has 4 aliphatic rings. The van der Waals surface area contributed by atoms with Gasteiger partial charge < -0.3 is 0 Å². The Hall–Kier alpha value is -1.73. The second-order valence-corrected chi connectivity index (χ2v) is 7.80.